The van der Waals surface area contributed by atoms with E-state index in [9.17, 15) is 4.79 Å². The van der Waals surface area contributed by atoms with Crippen molar-refractivity contribution in [3.05, 3.63) is 47.5 Å². The van der Waals surface area contributed by atoms with Crippen molar-refractivity contribution in [1.29, 1.82) is 0 Å². The molecule has 0 aromatic heterocycles. The van der Waals surface area contributed by atoms with E-state index in [4.69, 9.17) is 4.74 Å². The smallest absolute Gasteiger partial charge is 0.240 e. The Hall–Kier alpha value is -2.38. The minimum absolute atomic E-state index is 0.613. The Balaban J connectivity index is 2.48. The van der Waals surface area contributed by atoms with Gasteiger partial charge in [0.15, 0.2) is 0 Å². The first-order valence-electron chi connectivity index (χ1n) is 6.58. The van der Waals surface area contributed by atoms with Crippen LogP contribution in [-0.4, -0.2) is 12.7 Å². The zero-order chi connectivity index (χ0) is 14.5. The number of aryl methyl sites for hydroxylation is 2. The highest BCUT2D eigenvalue weighted by Crippen LogP contribution is 2.31. The van der Waals surface area contributed by atoms with Crippen molar-refractivity contribution in [2.45, 2.75) is 20.8 Å². The predicted octanol–water partition coefficient (Wildman–Crippen LogP) is 4.34. The first-order valence-corrected chi connectivity index (χ1v) is 6.58. The molecule has 0 amide bonds. The van der Waals surface area contributed by atoms with E-state index in [0.29, 0.717) is 12.3 Å². The number of nitrogens with zero attached hydrogens (tertiary/aromatic N) is 1. The molecule has 3 nitrogen and oxygen atoms in total. The Labute approximate surface area is 118 Å². The van der Waals surface area contributed by atoms with Gasteiger partial charge in [0, 0.05) is 0 Å². The Morgan fingerprint density at radius 3 is 2.40 bits per heavy atom. The Morgan fingerprint density at radius 1 is 1.10 bits per heavy atom. The zero-order valence-corrected chi connectivity index (χ0v) is 11.9. The van der Waals surface area contributed by atoms with Gasteiger partial charge in [-0.2, -0.15) is 4.99 Å². The minimum Gasteiger partial charge on any atom is -0.493 e. The van der Waals surface area contributed by atoms with Crippen LogP contribution in [-0.2, 0) is 4.79 Å². The number of aliphatic imine (C=N–C) groups is 1. The maximum atomic E-state index is 10.3. The second-order valence-corrected chi connectivity index (χ2v) is 4.63. The first-order chi connectivity index (χ1) is 9.65. The van der Waals surface area contributed by atoms with Gasteiger partial charge in [0.25, 0.3) is 0 Å². The Kier molecular flexibility index (Phi) is 4.34. The molecule has 102 valence electrons. The van der Waals surface area contributed by atoms with E-state index >= 15 is 0 Å². The SMILES string of the molecule is CCOc1c(C)cc(-c2cccc(N=C=O)c2)cc1C. The lowest BCUT2D eigenvalue weighted by atomic mass is 9.99. The molecule has 0 saturated heterocycles. The molecule has 20 heavy (non-hydrogen) atoms. The summed E-state index contributed by atoms with van der Waals surface area (Å²) < 4.78 is 5.65. The molecular formula is C17H17NO2. The van der Waals surface area contributed by atoms with Crippen LogP contribution in [0.1, 0.15) is 18.1 Å². The van der Waals surface area contributed by atoms with Crippen molar-refractivity contribution in [2.24, 2.45) is 4.99 Å². The predicted molar refractivity (Wildman–Crippen MR) is 80.3 cm³/mol. The van der Waals surface area contributed by atoms with Gasteiger partial charge in [-0.1, -0.05) is 12.1 Å². The summed E-state index contributed by atoms with van der Waals surface area (Å²) in [6.07, 6.45) is 1.57. The van der Waals surface area contributed by atoms with E-state index in [1.165, 1.54) is 0 Å². The van der Waals surface area contributed by atoms with E-state index in [1.807, 2.05) is 39.0 Å². The van der Waals surface area contributed by atoms with Crippen molar-refractivity contribution < 1.29 is 9.53 Å². The molecule has 0 aliphatic carbocycles. The summed E-state index contributed by atoms with van der Waals surface area (Å²) in [5.41, 5.74) is 4.93. The third kappa shape index (κ3) is 2.95. The number of benzene rings is 2. The van der Waals surface area contributed by atoms with Crippen LogP contribution >= 0.6 is 0 Å². The Bertz CT molecular complexity index is 647. The van der Waals surface area contributed by atoms with Gasteiger partial charge in [-0.3, -0.25) is 0 Å². The molecule has 0 heterocycles. The summed E-state index contributed by atoms with van der Waals surface area (Å²) in [5.74, 6) is 0.943. The molecule has 2 aromatic carbocycles. The zero-order valence-electron chi connectivity index (χ0n) is 11.9. The van der Waals surface area contributed by atoms with E-state index in [-0.39, 0.29) is 0 Å². The Morgan fingerprint density at radius 2 is 1.80 bits per heavy atom. The molecule has 0 aliphatic heterocycles. The quantitative estimate of drug-likeness (QED) is 0.610. The highest BCUT2D eigenvalue weighted by atomic mass is 16.5. The number of ether oxygens (including phenoxy) is 1. The molecule has 0 bridgehead atoms. The summed E-state index contributed by atoms with van der Waals surface area (Å²) in [4.78, 5) is 14.0. The van der Waals surface area contributed by atoms with Gasteiger partial charge in [0.1, 0.15) is 5.75 Å². The lowest BCUT2D eigenvalue weighted by Crippen LogP contribution is -1.97. The normalized spacial score (nSPS) is 9.95. The largest absolute Gasteiger partial charge is 0.493 e. The summed E-state index contributed by atoms with van der Waals surface area (Å²) >= 11 is 0. The fourth-order valence-corrected chi connectivity index (χ4v) is 2.30. The van der Waals surface area contributed by atoms with E-state index in [0.717, 1.165) is 28.0 Å². The fraction of sp³-hybridized carbons (Fsp3) is 0.235. The molecule has 2 rings (SSSR count). The van der Waals surface area contributed by atoms with Crippen molar-refractivity contribution in [2.75, 3.05) is 6.61 Å². The van der Waals surface area contributed by atoms with Gasteiger partial charge in [0.2, 0.25) is 6.08 Å². The van der Waals surface area contributed by atoms with Gasteiger partial charge < -0.3 is 4.74 Å². The average molecular weight is 267 g/mol. The van der Waals surface area contributed by atoms with Gasteiger partial charge in [-0.05, 0) is 67.3 Å². The van der Waals surface area contributed by atoms with Crippen LogP contribution in [0.15, 0.2) is 41.4 Å². The van der Waals surface area contributed by atoms with E-state index < -0.39 is 0 Å². The molecule has 3 heteroatoms. The number of hydrogen-bond donors (Lipinski definition) is 0. The van der Waals surface area contributed by atoms with Gasteiger partial charge in [-0.15, -0.1) is 0 Å². The second kappa shape index (κ2) is 6.18. The molecule has 0 atom stereocenters. The van der Waals surface area contributed by atoms with Gasteiger partial charge in [-0.25, -0.2) is 4.79 Å². The standard InChI is InChI=1S/C17H17NO2/c1-4-20-17-12(2)8-15(9-13(17)3)14-6-5-7-16(10-14)18-11-19/h5-10H,4H2,1-3H3. The van der Waals surface area contributed by atoms with Crippen molar-refractivity contribution in [1.82, 2.24) is 0 Å². The van der Waals surface area contributed by atoms with Crippen molar-refractivity contribution in [3.63, 3.8) is 0 Å². The van der Waals surface area contributed by atoms with Crippen LogP contribution in [0, 0.1) is 13.8 Å². The number of carbonyl (C=O) groups excluding carboxylic acids is 1. The molecule has 0 unspecified atom stereocenters. The van der Waals surface area contributed by atoms with Crippen LogP contribution < -0.4 is 4.74 Å². The maximum Gasteiger partial charge on any atom is 0.240 e. The van der Waals surface area contributed by atoms with Crippen LogP contribution in [0.25, 0.3) is 11.1 Å². The summed E-state index contributed by atoms with van der Waals surface area (Å²) in [7, 11) is 0. The molecule has 0 N–H and O–H groups in total. The molecule has 0 aliphatic rings. The van der Waals surface area contributed by atoms with Crippen molar-refractivity contribution >= 4 is 11.8 Å². The van der Waals surface area contributed by atoms with Crippen molar-refractivity contribution in [3.8, 4) is 16.9 Å². The fourth-order valence-electron chi connectivity index (χ4n) is 2.30. The molecule has 0 spiro atoms. The van der Waals surface area contributed by atoms with E-state index in [1.54, 1.807) is 12.1 Å². The molecular weight excluding hydrogens is 250 g/mol. The van der Waals surface area contributed by atoms with Crippen LogP contribution in [0.5, 0.6) is 5.75 Å². The number of rotatable bonds is 4. The second-order valence-electron chi connectivity index (χ2n) is 4.63. The third-order valence-electron chi connectivity index (χ3n) is 3.10. The lowest BCUT2D eigenvalue weighted by molar-refractivity contribution is 0.335. The lowest BCUT2D eigenvalue weighted by Gasteiger charge is -2.13. The van der Waals surface area contributed by atoms with Gasteiger partial charge >= 0.3 is 0 Å². The number of isocyanates is 1. The van der Waals surface area contributed by atoms with E-state index in [2.05, 4.69) is 17.1 Å². The molecule has 2 aromatic rings. The first kappa shape index (κ1) is 14.0. The number of hydrogen-bond acceptors (Lipinski definition) is 3. The van der Waals surface area contributed by atoms with Crippen LogP contribution in [0.2, 0.25) is 0 Å². The minimum atomic E-state index is 0.613. The molecule has 0 fully saturated rings. The van der Waals surface area contributed by atoms with Crippen LogP contribution in [0.4, 0.5) is 5.69 Å². The third-order valence-corrected chi connectivity index (χ3v) is 3.10. The highest BCUT2D eigenvalue weighted by Gasteiger charge is 2.07. The van der Waals surface area contributed by atoms with Crippen LogP contribution in [0.3, 0.4) is 0 Å². The average Bonchev–Trinajstić information content (AvgIpc) is 2.43. The topological polar surface area (TPSA) is 38.7 Å². The summed E-state index contributed by atoms with van der Waals surface area (Å²) in [6, 6.07) is 11.7. The molecule has 0 saturated carbocycles. The highest BCUT2D eigenvalue weighted by molar-refractivity contribution is 5.70. The van der Waals surface area contributed by atoms with Gasteiger partial charge in [0.05, 0.1) is 12.3 Å². The monoisotopic (exact) mass is 267 g/mol. The summed E-state index contributed by atoms with van der Waals surface area (Å²) in [6.45, 7) is 6.71. The molecule has 0 radical (unpaired) electrons. The summed E-state index contributed by atoms with van der Waals surface area (Å²) in [5, 5.41) is 0. The maximum absolute atomic E-state index is 10.3.